The Labute approximate surface area is 135 Å². The highest BCUT2D eigenvalue weighted by Crippen LogP contribution is 2.16. The third-order valence-corrected chi connectivity index (χ3v) is 6.44. The summed E-state index contributed by atoms with van der Waals surface area (Å²) in [4.78, 5) is 16.1. The maximum atomic E-state index is 12.0. The van der Waals surface area contributed by atoms with E-state index < -0.39 is 10.0 Å². The second kappa shape index (κ2) is 7.38. The van der Waals surface area contributed by atoms with E-state index in [1.54, 1.807) is 0 Å². The largest absolute Gasteiger partial charge is 0.335 e. The molecule has 0 bridgehead atoms. The smallest absolute Gasteiger partial charge is 0.321 e. The number of aromatic nitrogens is 1. The van der Waals surface area contributed by atoms with Gasteiger partial charge in [-0.25, -0.2) is 22.5 Å². The van der Waals surface area contributed by atoms with E-state index in [1.807, 2.05) is 19.2 Å². The lowest BCUT2D eigenvalue weighted by Gasteiger charge is -2.31. The van der Waals surface area contributed by atoms with Gasteiger partial charge in [0.2, 0.25) is 10.0 Å². The minimum atomic E-state index is -3.13. The quantitative estimate of drug-likeness (QED) is 0.850. The molecular formula is C13H22N4O3S2. The van der Waals surface area contributed by atoms with Crippen LogP contribution in [0.25, 0.3) is 0 Å². The van der Waals surface area contributed by atoms with E-state index in [2.05, 4.69) is 15.6 Å². The van der Waals surface area contributed by atoms with E-state index in [0.717, 1.165) is 5.69 Å². The number of carbonyl (C=O) groups excluding carboxylic acids is 1. The lowest BCUT2D eigenvalue weighted by molar-refractivity contribution is 0.238. The molecule has 124 valence electrons. The standard InChI is InChI=1S/C13H22N4O3S2/c1-3-8-22(19,20)17-6-4-11(5-7-17)15-12(18)16-13-14-10(2)9-21-13/h9,11H,3-8H2,1-2H3,(H2,14,15,16,18). The SMILES string of the molecule is CCCS(=O)(=O)N1CCC(NC(=O)Nc2nc(C)cs2)CC1. The number of anilines is 1. The third-order valence-electron chi connectivity index (χ3n) is 3.48. The van der Waals surface area contributed by atoms with E-state index in [9.17, 15) is 13.2 Å². The molecule has 0 atom stereocenters. The van der Waals surface area contributed by atoms with Gasteiger partial charge in [-0.05, 0) is 26.2 Å². The number of nitrogens with one attached hydrogen (secondary N) is 2. The second-order valence-corrected chi connectivity index (χ2v) is 8.33. The van der Waals surface area contributed by atoms with Gasteiger partial charge < -0.3 is 5.32 Å². The van der Waals surface area contributed by atoms with E-state index in [0.29, 0.717) is 37.5 Å². The maximum Gasteiger partial charge on any atom is 0.321 e. The molecule has 1 aromatic heterocycles. The molecule has 2 heterocycles. The van der Waals surface area contributed by atoms with Crippen LogP contribution in [0.2, 0.25) is 0 Å². The normalized spacial score (nSPS) is 17.4. The Kier molecular flexibility index (Phi) is 5.76. The molecule has 0 spiro atoms. The number of carbonyl (C=O) groups is 1. The van der Waals surface area contributed by atoms with Gasteiger partial charge in [-0.3, -0.25) is 5.32 Å². The molecule has 0 radical (unpaired) electrons. The second-order valence-electron chi connectivity index (χ2n) is 5.38. The van der Waals surface area contributed by atoms with Crippen molar-refractivity contribution in [2.45, 2.75) is 39.2 Å². The van der Waals surface area contributed by atoms with Crippen LogP contribution in [0.15, 0.2) is 5.38 Å². The molecule has 1 fully saturated rings. The Bertz CT molecular complexity index is 607. The van der Waals surface area contributed by atoms with Crippen LogP contribution in [-0.4, -0.2) is 48.6 Å². The molecule has 0 saturated carbocycles. The molecule has 7 nitrogen and oxygen atoms in total. The molecule has 1 aliphatic rings. The van der Waals surface area contributed by atoms with Crippen LogP contribution in [0.1, 0.15) is 31.9 Å². The summed E-state index contributed by atoms with van der Waals surface area (Å²) in [6.07, 6.45) is 1.89. The van der Waals surface area contributed by atoms with Gasteiger partial charge in [0.15, 0.2) is 5.13 Å². The number of amides is 2. The van der Waals surface area contributed by atoms with Crippen LogP contribution < -0.4 is 10.6 Å². The van der Waals surface area contributed by atoms with Crippen LogP contribution in [0, 0.1) is 6.92 Å². The minimum Gasteiger partial charge on any atom is -0.335 e. The predicted octanol–water partition coefficient (Wildman–Crippen LogP) is 1.78. The first kappa shape index (κ1) is 17.2. The van der Waals surface area contributed by atoms with Gasteiger partial charge in [0.25, 0.3) is 0 Å². The number of rotatable bonds is 5. The number of nitrogens with zero attached hydrogens (tertiary/aromatic N) is 2. The van der Waals surface area contributed by atoms with Gasteiger partial charge in [0, 0.05) is 24.5 Å². The fraction of sp³-hybridized carbons (Fsp3) is 0.692. The zero-order valence-corrected chi connectivity index (χ0v) is 14.5. The topological polar surface area (TPSA) is 91.4 Å². The summed E-state index contributed by atoms with van der Waals surface area (Å²) >= 11 is 1.38. The van der Waals surface area contributed by atoms with E-state index in [1.165, 1.54) is 15.6 Å². The number of piperidine rings is 1. The highest BCUT2D eigenvalue weighted by Gasteiger charge is 2.27. The zero-order chi connectivity index (χ0) is 16.2. The van der Waals surface area contributed by atoms with E-state index in [4.69, 9.17) is 0 Å². The highest BCUT2D eigenvalue weighted by molar-refractivity contribution is 7.89. The van der Waals surface area contributed by atoms with E-state index >= 15 is 0 Å². The molecule has 1 aliphatic heterocycles. The molecule has 22 heavy (non-hydrogen) atoms. The van der Waals surface area contributed by atoms with Crippen molar-refractivity contribution in [2.24, 2.45) is 0 Å². The first-order valence-electron chi connectivity index (χ1n) is 7.38. The molecule has 1 saturated heterocycles. The van der Waals surface area contributed by atoms with Crippen molar-refractivity contribution in [3.63, 3.8) is 0 Å². The zero-order valence-electron chi connectivity index (χ0n) is 12.8. The van der Waals surface area contributed by atoms with Gasteiger partial charge >= 0.3 is 6.03 Å². The summed E-state index contributed by atoms with van der Waals surface area (Å²) in [6.45, 7) is 4.65. The van der Waals surface area contributed by atoms with Crippen molar-refractivity contribution in [2.75, 3.05) is 24.2 Å². The van der Waals surface area contributed by atoms with Gasteiger partial charge in [0.05, 0.1) is 11.4 Å². The number of urea groups is 1. The molecular weight excluding hydrogens is 324 g/mol. The maximum absolute atomic E-state index is 12.0. The average molecular weight is 346 g/mol. The lowest BCUT2D eigenvalue weighted by atomic mass is 10.1. The average Bonchev–Trinajstić information content (AvgIpc) is 2.84. The Morgan fingerprint density at radius 3 is 2.68 bits per heavy atom. The predicted molar refractivity (Wildman–Crippen MR) is 87.7 cm³/mol. The van der Waals surface area contributed by atoms with Gasteiger partial charge in [0.1, 0.15) is 0 Å². The monoisotopic (exact) mass is 346 g/mol. The first-order chi connectivity index (χ1) is 10.4. The summed E-state index contributed by atoms with van der Waals surface area (Å²) in [5, 5.41) is 8.01. The van der Waals surface area contributed by atoms with Crippen molar-refractivity contribution in [3.8, 4) is 0 Å². The molecule has 9 heteroatoms. The fourth-order valence-electron chi connectivity index (χ4n) is 2.40. The number of hydrogen-bond donors (Lipinski definition) is 2. The molecule has 0 aliphatic carbocycles. The van der Waals surface area contributed by atoms with Gasteiger partial charge in [-0.15, -0.1) is 11.3 Å². The Morgan fingerprint density at radius 1 is 1.45 bits per heavy atom. The van der Waals surface area contributed by atoms with Crippen LogP contribution in [0.3, 0.4) is 0 Å². The van der Waals surface area contributed by atoms with Gasteiger partial charge in [-0.1, -0.05) is 6.92 Å². The molecule has 1 aromatic rings. The molecule has 2 rings (SSSR count). The van der Waals surface area contributed by atoms with Crippen molar-refractivity contribution in [3.05, 3.63) is 11.1 Å². The van der Waals surface area contributed by atoms with Crippen LogP contribution in [0.5, 0.6) is 0 Å². The number of thiazole rings is 1. The van der Waals surface area contributed by atoms with Crippen molar-refractivity contribution >= 4 is 32.5 Å². The van der Waals surface area contributed by atoms with Gasteiger partial charge in [-0.2, -0.15) is 0 Å². The highest BCUT2D eigenvalue weighted by atomic mass is 32.2. The van der Waals surface area contributed by atoms with Crippen LogP contribution in [-0.2, 0) is 10.0 Å². The first-order valence-corrected chi connectivity index (χ1v) is 9.87. The summed E-state index contributed by atoms with van der Waals surface area (Å²) < 4.78 is 25.5. The molecule has 0 unspecified atom stereocenters. The van der Waals surface area contributed by atoms with Crippen molar-refractivity contribution < 1.29 is 13.2 Å². The number of sulfonamides is 1. The number of aryl methyl sites for hydroxylation is 1. The summed E-state index contributed by atoms with van der Waals surface area (Å²) in [5.74, 6) is 0.189. The Morgan fingerprint density at radius 2 is 2.14 bits per heavy atom. The van der Waals surface area contributed by atoms with Crippen LogP contribution in [0.4, 0.5) is 9.93 Å². The van der Waals surface area contributed by atoms with Crippen LogP contribution >= 0.6 is 11.3 Å². The molecule has 2 N–H and O–H groups in total. The fourth-order valence-corrected chi connectivity index (χ4v) is 4.62. The molecule has 0 aromatic carbocycles. The minimum absolute atomic E-state index is 0.00543. The number of hydrogen-bond acceptors (Lipinski definition) is 5. The Balaban J connectivity index is 1.78. The Hall–Kier alpha value is -1.19. The van der Waals surface area contributed by atoms with Crippen molar-refractivity contribution in [1.29, 1.82) is 0 Å². The van der Waals surface area contributed by atoms with Crippen molar-refractivity contribution in [1.82, 2.24) is 14.6 Å². The third kappa shape index (κ3) is 4.65. The summed E-state index contributed by atoms with van der Waals surface area (Å²) in [6, 6.07) is -0.293. The summed E-state index contributed by atoms with van der Waals surface area (Å²) in [5.41, 5.74) is 0.870. The molecule has 2 amide bonds. The van der Waals surface area contributed by atoms with E-state index in [-0.39, 0.29) is 17.8 Å². The lowest BCUT2D eigenvalue weighted by Crippen LogP contribution is -2.47. The summed E-state index contributed by atoms with van der Waals surface area (Å²) in [7, 11) is -3.13.